The standard InChI is InChI=1S/CH2O3.Ca.K.Zr.3H/c2-1(3)4;;;;;;/h(H2,2,3,4);;;;;;/q;;;+1;;;/p-1. The fourth-order valence-electron chi connectivity index (χ4n) is 0. The molecule has 0 saturated heterocycles. The van der Waals surface area contributed by atoms with Gasteiger partial charge in [-0.2, -0.15) is 0 Å². The first-order valence-corrected chi connectivity index (χ1v) is 1.84. The van der Waals surface area contributed by atoms with Gasteiger partial charge in [0.1, 0.15) is 0 Å². The minimum absolute atomic E-state index is 0. The summed E-state index contributed by atoms with van der Waals surface area (Å²) in [6, 6.07) is 0. The van der Waals surface area contributed by atoms with Gasteiger partial charge in [-0.05, 0) is 0 Å². The number of carbonyl (C=O) groups is 1. The number of hydrogen-bond acceptors (Lipinski definition) is 2. The maximum atomic E-state index is 9.17. The quantitative estimate of drug-likeness (QED) is 0.523. The van der Waals surface area contributed by atoms with Crippen molar-refractivity contribution in [3.63, 3.8) is 0 Å². The van der Waals surface area contributed by atoms with E-state index in [0.29, 0.717) is 25.2 Å². The SMILES string of the molecule is O=C(O)[O][Zr].[CaH2].[KH]. The van der Waals surface area contributed by atoms with Crippen LogP contribution in [0.4, 0.5) is 4.79 Å². The van der Waals surface area contributed by atoms with Crippen molar-refractivity contribution in [3.8, 4) is 0 Å². The van der Waals surface area contributed by atoms with Crippen LogP contribution in [-0.4, -0.2) is 100 Å². The van der Waals surface area contributed by atoms with Gasteiger partial charge in [-0.25, -0.2) is 0 Å². The van der Waals surface area contributed by atoms with Gasteiger partial charge in [-0.15, -0.1) is 0 Å². The Hall–Kier alpha value is 3.05. The normalized spacial score (nSPS) is 4.43. The van der Waals surface area contributed by atoms with E-state index in [4.69, 9.17) is 9.90 Å². The predicted octanol–water partition coefficient (Wildman–Crippen LogP) is -1.42. The number of carboxylic acid groups (broad SMARTS) is 1. The molecule has 0 aliphatic heterocycles. The van der Waals surface area contributed by atoms with Crippen molar-refractivity contribution in [1.82, 2.24) is 0 Å². The molecule has 0 saturated carbocycles. The molecule has 33 valence electrons. The molecule has 1 N–H and O–H groups in total. The molecular formula is CH4CaKO3Zr. The predicted molar refractivity (Wildman–Crippen MR) is 24.8 cm³/mol. The molecule has 0 fully saturated rings. The Kier molecular flexibility index (Phi) is 27.9. The van der Waals surface area contributed by atoms with Crippen molar-refractivity contribution < 1.29 is 37.9 Å². The first kappa shape index (κ1) is 16.6. The second-order valence-electron chi connectivity index (χ2n) is 0.368. The third-order valence-electron chi connectivity index (χ3n) is 0.0873. The Morgan fingerprint density at radius 3 is 1.86 bits per heavy atom. The first-order valence-electron chi connectivity index (χ1n) is 0.836. The Labute approximate surface area is 129 Å². The fourth-order valence-corrected chi connectivity index (χ4v) is 0. The molecule has 0 aliphatic rings. The van der Waals surface area contributed by atoms with Gasteiger partial charge in [0, 0.05) is 0 Å². The van der Waals surface area contributed by atoms with E-state index in [2.05, 4.69) is 2.81 Å². The summed E-state index contributed by atoms with van der Waals surface area (Å²) in [6.07, 6.45) is -1.21. The first-order chi connectivity index (χ1) is 2.27. The summed E-state index contributed by atoms with van der Waals surface area (Å²) in [5.41, 5.74) is 0. The number of hydrogen-bond donors (Lipinski definition) is 1. The average Bonchev–Trinajstić information content (AvgIpc) is 1.38. The molecule has 0 amide bonds. The molecule has 7 heavy (non-hydrogen) atoms. The molecule has 0 rings (SSSR count). The van der Waals surface area contributed by atoms with Gasteiger partial charge < -0.3 is 0 Å². The van der Waals surface area contributed by atoms with Crippen LogP contribution in [0.15, 0.2) is 0 Å². The molecule has 0 bridgehead atoms. The van der Waals surface area contributed by atoms with E-state index in [1.165, 1.54) is 0 Å². The zero-order chi connectivity index (χ0) is 4.28. The van der Waals surface area contributed by atoms with Gasteiger partial charge in [0.15, 0.2) is 0 Å². The van der Waals surface area contributed by atoms with Crippen LogP contribution in [0.5, 0.6) is 0 Å². The Bertz CT molecular complexity index is 50.2. The molecule has 0 aromatic carbocycles. The van der Waals surface area contributed by atoms with Crippen LogP contribution >= 0.6 is 0 Å². The summed E-state index contributed by atoms with van der Waals surface area (Å²) in [5, 5.41) is 7.52. The molecule has 0 heterocycles. The summed E-state index contributed by atoms with van der Waals surface area (Å²) in [4.78, 5) is 9.17. The van der Waals surface area contributed by atoms with Crippen LogP contribution in [0, 0.1) is 0 Å². The van der Waals surface area contributed by atoms with E-state index >= 15 is 0 Å². The zero-order valence-corrected chi connectivity index (χ0v) is 4.72. The molecular weight excluding hydrogens is 230 g/mol. The summed E-state index contributed by atoms with van der Waals surface area (Å²) >= 11 is 0.565. The summed E-state index contributed by atoms with van der Waals surface area (Å²) in [6.45, 7) is 0. The number of rotatable bonds is 0. The van der Waals surface area contributed by atoms with Crippen molar-refractivity contribution in [2.24, 2.45) is 0 Å². The van der Waals surface area contributed by atoms with Crippen molar-refractivity contribution in [2.75, 3.05) is 0 Å². The van der Waals surface area contributed by atoms with E-state index in [1.54, 1.807) is 0 Å². The average molecular weight is 234 g/mol. The van der Waals surface area contributed by atoms with Gasteiger partial charge in [0.05, 0.1) is 0 Å². The summed E-state index contributed by atoms with van der Waals surface area (Å²) in [5.74, 6) is 0. The van der Waals surface area contributed by atoms with E-state index < -0.39 is 6.16 Å². The second kappa shape index (κ2) is 11.8. The molecule has 0 radical (unpaired) electrons. The van der Waals surface area contributed by atoms with Gasteiger partial charge in [0.2, 0.25) is 0 Å². The topological polar surface area (TPSA) is 46.5 Å². The Balaban J connectivity index is -0.0000000800. The van der Waals surface area contributed by atoms with Crippen LogP contribution < -0.4 is 0 Å². The summed E-state index contributed by atoms with van der Waals surface area (Å²) < 4.78 is 3.76. The van der Waals surface area contributed by atoms with Crippen molar-refractivity contribution in [2.45, 2.75) is 0 Å². The van der Waals surface area contributed by atoms with E-state index in [-0.39, 0.29) is 89.1 Å². The van der Waals surface area contributed by atoms with Crippen LogP contribution in [0.2, 0.25) is 0 Å². The van der Waals surface area contributed by atoms with E-state index in [9.17, 15) is 0 Å². The van der Waals surface area contributed by atoms with Crippen molar-refractivity contribution >= 4 is 95.3 Å². The molecule has 6 heteroatoms. The molecule has 0 aromatic heterocycles. The van der Waals surface area contributed by atoms with Crippen LogP contribution in [-0.2, 0) is 28.0 Å². The Morgan fingerprint density at radius 1 is 1.71 bits per heavy atom. The van der Waals surface area contributed by atoms with Crippen LogP contribution in [0.3, 0.4) is 0 Å². The molecule has 0 atom stereocenters. The molecule has 0 aromatic rings. The second-order valence-corrected chi connectivity index (χ2v) is 0.870. The fraction of sp³-hybridized carbons (Fsp3) is 0. The van der Waals surface area contributed by atoms with E-state index in [1.807, 2.05) is 0 Å². The van der Waals surface area contributed by atoms with Crippen LogP contribution in [0.25, 0.3) is 0 Å². The summed E-state index contributed by atoms with van der Waals surface area (Å²) in [7, 11) is 0. The monoisotopic (exact) mass is 233 g/mol. The third kappa shape index (κ3) is 17.6. The molecule has 3 nitrogen and oxygen atoms in total. The van der Waals surface area contributed by atoms with Crippen molar-refractivity contribution in [3.05, 3.63) is 0 Å². The van der Waals surface area contributed by atoms with Crippen LogP contribution in [0.1, 0.15) is 0 Å². The van der Waals surface area contributed by atoms with Gasteiger partial charge in [0.25, 0.3) is 0 Å². The van der Waals surface area contributed by atoms with Gasteiger partial charge in [-0.1, -0.05) is 0 Å². The molecule has 0 aliphatic carbocycles. The molecule has 0 unspecified atom stereocenters. The third-order valence-corrected chi connectivity index (χ3v) is 0.517. The zero-order valence-electron chi connectivity index (χ0n) is 2.26. The van der Waals surface area contributed by atoms with Crippen molar-refractivity contribution in [1.29, 1.82) is 0 Å². The minimum atomic E-state index is -1.21. The Morgan fingerprint density at radius 2 is 1.86 bits per heavy atom. The van der Waals surface area contributed by atoms with Gasteiger partial charge in [-0.3, -0.25) is 0 Å². The van der Waals surface area contributed by atoms with Gasteiger partial charge >= 0.3 is 133 Å². The molecule has 0 spiro atoms. The van der Waals surface area contributed by atoms with E-state index in [0.717, 1.165) is 0 Å². The maximum absolute atomic E-state index is 9.17.